The summed E-state index contributed by atoms with van der Waals surface area (Å²) in [4.78, 5) is 12.0. The number of nitrogens with two attached hydrogens (primary N) is 1. The first kappa shape index (κ1) is 12.8. The number of hydrogen-bond donors (Lipinski definition) is 2. The highest BCUT2D eigenvalue weighted by molar-refractivity contribution is 5.81. The van der Waals surface area contributed by atoms with Gasteiger partial charge in [0.05, 0.1) is 6.10 Å². The molecule has 1 heterocycles. The zero-order valence-corrected chi connectivity index (χ0v) is 10.7. The second kappa shape index (κ2) is 5.83. The lowest BCUT2D eigenvalue weighted by Gasteiger charge is -2.22. The van der Waals surface area contributed by atoms with Gasteiger partial charge in [0, 0.05) is 12.6 Å². The zero-order valence-electron chi connectivity index (χ0n) is 10.7. The largest absolute Gasteiger partial charge is 0.364 e. The molecule has 0 aromatic carbocycles. The van der Waals surface area contributed by atoms with E-state index in [2.05, 4.69) is 12.2 Å². The summed E-state index contributed by atoms with van der Waals surface area (Å²) < 4.78 is 5.60. The van der Waals surface area contributed by atoms with Crippen molar-refractivity contribution in [2.45, 2.75) is 63.7 Å². The van der Waals surface area contributed by atoms with Gasteiger partial charge in [-0.25, -0.2) is 0 Å². The lowest BCUT2D eigenvalue weighted by Crippen LogP contribution is -2.43. The maximum atomic E-state index is 12.0. The van der Waals surface area contributed by atoms with E-state index in [1.54, 1.807) is 0 Å². The van der Waals surface area contributed by atoms with E-state index in [-0.39, 0.29) is 24.2 Å². The molecule has 1 saturated carbocycles. The fraction of sp³-hybridized carbons (Fsp3) is 0.923. The summed E-state index contributed by atoms with van der Waals surface area (Å²) in [6, 6.07) is 0.283. The van der Waals surface area contributed by atoms with Gasteiger partial charge < -0.3 is 15.8 Å². The summed E-state index contributed by atoms with van der Waals surface area (Å²) in [5, 5.41) is 3.10. The van der Waals surface area contributed by atoms with E-state index in [1.807, 2.05) is 0 Å². The third-order valence-electron chi connectivity index (χ3n) is 4.14. The van der Waals surface area contributed by atoms with Crippen molar-refractivity contribution in [3.05, 3.63) is 0 Å². The Morgan fingerprint density at radius 3 is 2.65 bits per heavy atom. The van der Waals surface area contributed by atoms with Crippen molar-refractivity contribution in [3.63, 3.8) is 0 Å². The Bertz CT molecular complexity index is 264. The quantitative estimate of drug-likeness (QED) is 0.775. The molecule has 4 nitrogen and oxygen atoms in total. The Labute approximate surface area is 103 Å². The minimum absolute atomic E-state index is 0.0559. The summed E-state index contributed by atoms with van der Waals surface area (Å²) in [5.74, 6) is 0.714. The Kier molecular flexibility index (Phi) is 4.40. The Balaban J connectivity index is 1.76. The molecule has 0 spiro atoms. The lowest BCUT2D eigenvalue weighted by atomic mass is 9.99. The molecule has 3 atom stereocenters. The van der Waals surface area contributed by atoms with Crippen molar-refractivity contribution in [2.75, 3.05) is 6.54 Å². The normalized spacial score (nSPS) is 31.6. The predicted octanol–water partition coefficient (Wildman–Crippen LogP) is 1.19. The molecule has 4 heteroatoms. The predicted molar refractivity (Wildman–Crippen MR) is 66.5 cm³/mol. The topological polar surface area (TPSA) is 64.4 Å². The van der Waals surface area contributed by atoms with Crippen LogP contribution in [-0.2, 0) is 9.53 Å². The van der Waals surface area contributed by atoms with Crippen molar-refractivity contribution in [3.8, 4) is 0 Å². The number of rotatable bonds is 4. The maximum absolute atomic E-state index is 12.0. The van der Waals surface area contributed by atoms with Crippen molar-refractivity contribution in [2.24, 2.45) is 11.7 Å². The van der Waals surface area contributed by atoms with Crippen LogP contribution >= 0.6 is 0 Å². The van der Waals surface area contributed by atoms with Crippen molar-refractivity contribution >= 4 is 5.91 Å². The summed E-state index contributed by atoms with van der Waals surface area (Å²) in [5.41, 5.74) is 5.54. The Hall–Kier alpha value is -0.610. The summed E-state index contributed by atoms with van der Waals surface area (Å²) >= 11 is 0. The van der Waals surface area contributed by atoms with Crippen LogP contribution in [-0.4, -0.2) is 30.7 Å². The van der Waals surface area contributed by atoms with Gasteiger partial charge in [-0.05, 0) is 38.5 Å². The van der Waals surface area contributed by atoms with Crippen LogP contribution in [0, 0.1) is 5.92 Å². The molecule has 0 radical (unpaired) electrons. The number of ether oxygens (including phenoxy) is 1. The number of carbonyl (C=O) groups is 1. The SMILES string of the molecule is CC(NC(=O)[C@@H]1CC[C@H](CN)O1)C1CCCC1. The molecule has 1 saturated heterocycles. The third-order valence-corrected chi connectivity index (χ3v) is 4.14. The molecular formula is C13H24N2O2. The van der Waals surface area contributed by atoms with Gasteiger partial charge in [-0.2, -0.15) is 0 Å². The number of carbonyl (C=O) groups excluding carboxylic acids is 1. The van der Waals surface area contributed by atoms with Crippen LogP contribution in [0.4, 0.5) is 0 Å². The molecule has 1 amide bonds. The number of hydrogen-bond acceptors (Lipinski definition) is 3. The van der Waals surface area contributed by atoms with Crippen LogP contribution in [0.15, 0.2) is 0 Å². The lowest BCUT2D eigenvalue weighted by molar-refractivity contribution is -0.132. The van der Waals surface area contributed by atoms with Crippen molar-refractivity contribution in [1.82, 2.24) is 5.32 Å². The fourth-order valence-corrected chi connectivity index (χ4v) is 2.96. The van der Waals surface area contributed by atoms with E-state index in [9.17, 15) is 4.79 Å². The van der Waals surface area contributed by atoms with Crippen LogP contribution in [0.1, 0.15) is 45.4 Å². The molecule has 1 aliphatic heterocycles. The molecule has 3 N–H and O–H groups in total. The van der Waals surface area contributed by atoms with E-state index >= 15 is 0 Å². The van der Waals surface area contributed by atoms with Gasteiger partial charge in [-0.3, -0.25) is 4.79 Å². The molecule has 17 heavy (non-hydrogen) atoms. The summed E-state index contributed by atoms with van der Waals surface area (Å²) in [6.07, 6.45) is 6.63. The van der Waals surface area contributed by atoms with Gasteiger partial charge in [0.15, 0.2) is 0 Å². The van der Waals surface area contributed by atoms with Crippen LogP contribution in [0.5, 0.6) is 0 Å². The smallest absolute Gasteiger partial charge is 0.249 e. The highest BCUT2D eigenvalue weighted by Gasteiger charge is 2.31. The maximum Gasteiger partial charge on any atom is 0.249 e. The Morgan fingerprint density at radius 2 is 2.06 bits per heavy atom. The van der Waals surface area contributed by atoms with Gasteiger partial charge in [-0.15, -0.1) is 0 Å². The first-order valence-electron chi connectivity index (χ1n) is 6.86. The standard InChI is InChI=1S/C13H24N2O2/c1-9(10-4-2-3-5-10)15-13(16)12-7-6-11(8-14)17-12/h9-12H,2-8,14H2,1H3,(H,15,16)/t9?,11-,12+/m1/s1. The molecule has 1 unspecified atom stereocenters. The molecule has 0 aromatic rings. The molecule has 2 aliphatic rings. The zero-order chi connectivity index (χ0) is 12.3. The summed E-state index contributed by atoms with van der Waals surface area (Å²) in [7, 11) is 0. The molecule has 2 fully saturated rings. The van der Waals surface area contributed by atoms with E-state index in [4.69, 9.17) is 10.5 Å². The van der Waals surface area contributed by atoms with Gasteiger partial charge in [0.1, 0.15) is 6.10 Å². The first-order valence-corrected chi connectivity index (χ1v) is 6.86. The van der Waals surface area contributed by atoms with Crippen LogP contribution < -0.4 is 11.1 Å². The highest BCUT2D eigenvalue weighted by atomic mass is 16.5. The average Bonchev–Trinajstić information content (AvgIpc) is 3.00. The fourth-order valence-electron chi connectivity index (χ4n) is 2.96. The minimum atomic E-state index is -0.271. The van der Waals surface area contributed by atoms with Gasteiger partial charge >= 0.3 is 0 Å². The second-order valence-electron chi connectivity index (χ2n) is 5.40. The van der Waals surface area contributed by atoms with Crippen LogP contribution in [0.2, 0.25) is 0 Å². The second-order valence-corrected chi connectivity index (χ2v) is 5.40. The average molecular weight is 240 g/mol. The van der Waals surface area contributed by atoms with E-state index < -0.39 is 0 Å². The van der Waals surface area contributed by atoms with Gasteiger partial charge in [0.2, 0.25) is 5.91 Å². The van der Waals surface area contributed by atoms with E-state index in [0.29, 0.717) is 12.5 Å². The van der Waals surface area contributed by atoms with Gasteiger partial charge in [-0.1, -0.05) is 12.8 Å². The molecule has 0 bridgehead atoms. The summed E-state index contributed by atoms with van der Waals surface area (Å²) in [6.45, 7) is 2.63. The first-order chi connectivity index (χ1) is 8.20. The highest BCUT2D eigenvalue weighted by Crippen LogP contribution is 2.28. The minimum Gasteiger partial charge on any atom is -0.364 e. The third kappa shape index (κ3) is 3.19. The van der Waals surface area contributed by atoms with Gasteiger partial charge in [0.25, 0.3) is 0 Å². The van der Waals surface area contributed by atoms with Crippen molar-refractivity contribution in [1.29, 1.82) is 0 Å². The molecule has 1 aliphatic carbocycles. The monoisotopic (exact) mass is 240 g/mol. The van der Waals surface area contributed by atoms with Crippen molar-refractivity contribution < 1.29 is 9.53 Å². The molecular weight excluding hydrogens is 216 g/mol. The van der Waals surface area contributed by atoms with E-state index in [0.717, 1.165) is 12.8 Å². The van der Waals surface area contributed by atoms with E-state index in [1.165, 1.54) is 25.7 Å². The van der Waals surface area contributed by atoms with Crippen LogP contribution in [0.25, 0.3) is 0 Å². The number of amides is 1. The number of nitrogens with one attached hydrogen (secondary N) is 1. The Morgan fingerprint density at radius 1 is 1.35 bits per heavy atom. The molecule has 0 aromatic heterocycles. The molecule has 98 valence electrons. The van der Waals surface area contributed by atoms with Crippen LogP contribution in [0.3, 0.4) is 0 Å². The molecule has 2 rings (SSSR count).